The fraction of sp³-hybridized carbons (Fsp3) is 0.632. The molecule has 2 rings (SSSR count). The first kappa shape index (κ1) is 19.7. The van der Waals surface area contributed by atoms with Gasteiger partial charge in [-0.25, -0.2) is 4.79 Å². The molecule has 25 heavy (non-hydrogen) atoms. The predicted molar refractivity (Wildman–Crippen MR) is 102 cm³/mol. The molecule has 1 aromatic rings. The largest absolute Gasteiger partial charge is 0.389 e. The summed E-state index contributed by atoms with van der Waals surface area (Å²) in [5, 5.41) is 12.7. The number of urea groups is 1. The summed E-state index contributed by atoms with van der Waals surface area (Å²) in [7, 11) is 3.85. The number of nitrogens with one attached hydrogen (secondary N) is 1. The number of benzene rings is 1. The predicted octanol–water partition coefficient (Wildman–Crippen LogP) is 1.71. The topological polar surface area (TPSA) is 59.0 Å². The molecule has 0 bridgehead atoms. The van der Waals surface area contributed by atoms with Crippen LogP contribution < -0.4 is 5.32 Å². The van der Waals surface area contributed by atoms with E-state index >= 15 is 0 Å². The average Bonchev–Trinajstić information content (AvgIpc) is 2.54. The summed E-state index contributed by atoms with van der Waals surface area (Å²) in [6.07, 6.45) is 1.02. The lowest BCUT2D eigenvalue weighted by molar-refractivity contribution is 0.0550. The molecule has 1 aromatic carbocycles. The van der Waals surface area contributed by atoms with Crippen LogP contribution in [0.5, 0.6) is 0 Å². The summed E-state index contributed by atoms with van der Waals surface area (Å²) in [5.74, 6) is 0. The quantitative estimate of drug-likeness (QED) is 0.822. The van der Waals surface area contributed by atoms with Gasteiger partial charge < -0.3 is 25.1 Å². The van der Waals surface area contributed by atoms with Gasteiger partial charge in [0.2, 0.25) is 0 Å². The first-order valence-electron chi connectivity index (χ1n) is 8.97. The van der Waals surface area contributed by atoms with Crippen molar-refractivity contribution in [2.45, 2.75) is 25.9 Å². The lowest BCUT2D eigenvalue weighted by Crippen LogP contribution is -2.45. The van der Waals surface area contributed by atoms with E-state index < -0.39 is 5.60 Å². The van der Waals surface area contributed by atoms with Crippen molar-refractivity contribution in [2.75, 3.05) is 58.7 Å². The van der Waals surface area contributed by atoms with Gasteiger partial charge in [-0.2, -0.15) is 0 Å². The Labute approximate surface area is 151 Å². The van der Waals surface area contributed by atoms with Crippen LogP contribution in [0.4, 0.5) is 10.5 Å². The third-order valence-electron chi connectivity index (χ3n) is 4.49. The number of nitrogens with zero attached hydrogens (tertiary/aromatic N) is 3. The van der Waals surface area contributed by atoms with Crippen molar-refractivity contribution in [3.63, 3.8) is 0 Å². The number of amides is 2. The number of piperazine rings is 1. The number of hydrogen-bond donors (Lipinski definition) is 2. The van der Waals surface area contributed by atoms with Gasteiger partial charge in [0.25, 0.3) is 0 Å². The number of carbonyl (C=O) groups is 1. The van der Waals surface area contributed by atoms with Gasteiger partial charge in [0, 0.05) is 45.5 Å². The van der Waals surface area contributed by atoms with E-state index in [-0.39, 0.29) is 12.6 Å². The molecule has 0 unspecified atom stereocenters. The van der Waals surface area contributed by atoms with Gasteiger partial charge in [-0.15, -0.1) is 0 Å². The number of carbonyl (C=O) groups excluding carboxylic acids is 1. The number of rotatable bonds is 6. The molecule has 6 heteroatoms. The van der Waals surface area contributed by atoms with E-state index in [4.69, 9.17) is 0 Å². The maximum atomic E-state index is 12.1. The van der Waals surface area contributed by atoms with Crippen molar-refractivity contribution in [1.29, 1.82) is 0 Å². The smallest absolute Gasteiger partial charge is 0.321 e. The Kier molecular flexibility index (Phi) is 6.81. The van der Waals surface area contributed by atoms with Crippen molar-refractivity contribution >= 4 is 11.7 Å². The van der Waals surface area contributed by atoms with Crippen molar-refractivity contribution < 1.29 is 9.90 Å². The van der Waals surface area contributed by atoms with Crippen LogP contribution in [0.25, 0.3) is 0 Å². The fourth-order valence-corrected chi connectivity index (χ4v) is 2.98. The van der Waals surface area contributed by atoms with Crippen LogP contribution in [-0.4, -0.2) is 84.8 Å². The van der Waals surface area contributed by atoms with Crippen LogP contribution in [0.1, 0.15) is 19.4 Å². The van der Waals surface area contributed by atoms with Crippen LogP contribution in [0.3, 0.4) is 0 Å². The van der Waals surface area contributed by atoms with E-state index in [2.05, 4.69) is 34.3 Å². The van der Waals surface area contributed by atoms with E-state index in [1.807, 2.05) is 12.1 Å². The maximum Gasteiger partial charge on any atom is 0.321 e. The van der Waals surface area contributed by atoms with Crippen LogP contribution >= 0.6 is 0 Å². The molecule has 0 saturated carbocycles. The highest BCUT2D eigenvalue weighted by Gasteiger charge is 2.19. The summed E-state index contributed by atoms with van der Waals surface area (Å²) in [6.45, 7) is 9.29. The molecular weight excluding hydrogens is 316 g/mol. The summed E-state index contributed by atoms with van der Waals surface area (Å²) < 4.78 is 0. The molecule has 0 aromatic heterocycles. The molecule has 1 aliphatic heterocycles. The third kappa shape index (κ3) is 7.02. The van der Waals surface area contributed by atoms with Crippen LogP contribution in [0.15, 0.2) is 24.3 Å². The van der Waals surface area contributed by atoms with Crippen molar-refractivity contribution in [3.05, 3.63) is 29.8 Å². The molecule has 1 saturated heterocycles. The Bertz CT molecular complexity index is 546. The van der Waals surface area contributed by atoms with Gasteiger partial charge >= 0.3 is 6.03 Å². The van der Waals surface area contributed by atoms with E-state index in [0.717, 1.165) is 44.8 Å². The zero-order valence-electron chi connectivity index (χ0n) is 16.0. The first-order valence-corrected chi connectivity index (χ1v) is 8.97. The summed E-state index contributed by atoms with van der Waals surface area (Å²) >= 11 is 0. The van der Waals surface area contributed by atoms with E-state index in [0.29, 0.717) is 0 Å². The van der Waals surface area contributed by atoms with Crippen LogP contribution in [-0.2, 0) is 6.42 Å². The molecule has 2 amide bonds. The Hall–Kier alpha value is -1.63. The molecule has 6 nitrogen and oxygen atoms in total. The van der Waals surface area contributed by atoms with Gasteiger partial charge in [0.1, 0.15) is 0 Å². The zero-order chi connectivity index (χ0) is 18.4. The Morgan fingerprint density at radius 3 is 2.36 bits per heavy atom. The third-order valence-corrected chi connectivity index (χ3v) is 4.49. The maximum absolute atomic E-state index is 12.1. The Morgan fingerprint density at radius 1 is 1.20 bits per heavy atom. The number of aliphatic hydroxyl groups is 1. The first-order chi connectivity index (χ1) is 11.7. The Balaban J connectivity index is 1.78. The second-order valence-electron chi connectivity index (χ2n) is 7.69. The van der Waals surface area contributed by atoms with Gasteiger partial charge in [-0.05, 0) is 45.0 Å². The summed E-state index contributed by atoms with van der Waals surface area (Å²) in [4.78, 5) is 18.5. The number of anilines is 1. The van der Waals surface area contributed by atoms with Crippen LogP contribution in [0.2, 0.25) is 0 Å². The standard InChI is InChI=1S/C19H32N4O2/c1-19(2,25)15-22(4)18(24)20-17-7-5-16(6-8-17)9-10-23-13-11-21(3)12-14-23/h5-8,25H,9-15H2,1-4H3,(H,20,24). The monoisotopic (exact) mass is 348 g/mol. The molecule has 0 atom stereocenters. The molecule has 1 aliphatic rings. The molecule has 2 N–H and O–H groups in total. The molecule has 1 heterocycles. The minimum Gasteiger partial charge on any atom is -0.389 e. The molecule has 0 aliphatic carbocycles. The van der Waals surface area contributed by atoms with Crippen molar-refractivity contribution in [3.8, 4) is 0 Å². The van der Waals surface area contributed by atoms with Crippen molar-refractivity contribution in [2.24, 2.45) is 0 Å². The lowest BCUT2D eigenvalue weighted by Gasteiger charge is -2.32. The summed E-state index contributed by atoms with van der Waals surface area (Å²) in [6, 6.07) is 7.81. The fourth-order valence-electron chi connectivity index (χ4n) is 2.98. The highest BCUT2D eigenvalue weighted by Crippen LogP contribution is 2.12. The summed E-state index contributed by atoms with van der Waals surface area (Å²) in [5.41, 5.74) is 1.15. The molecular formula is C19H32N4O2. The van der Waals surface area contributed by atoms with Crippen LogP contribution in [0, 0.1) is 0 Å². The van der Waals surface area contributed by atoms with Gasteiger partial charge in [-0.1, -0.05) is 12.1 Å². The Morgan fingerprint density at radius 2 is 1.80 bits per heavy atom. The highest BCUT2D eigenvalue weighted by molar-refractivity contribution is 5.89. The minimum atomic E-state index is -0.904. The molecule has 1 fully saturated rings. The lowest BCUT2D eigenvalue weighted by atomic mass is 10.1. The zero-order valence-corrected chi connectivity index (χ0v) is 16.0. The van der Waals surface area contributed by atoms with Gasteiger partial charge in [0.15, 0.2) is 0 Å². The van der Waals surface area contributed by atoms with E-state index in [1.165, 1.54) is 10.5 Å². The van der Waals surface area contributed by atoms with Crippen molar-refractivity contribution in [1.82, 2.24) is 14.7 Å². The normalized spacial score (nSPS) is 16.7. The minimum absolute atomic E-state index is 0.215. The molecule has 140 valence electrons. The number of likely N-dealkylation sites (N-methyl/N-ethyl adjacent to an activating group) is 2. The second kappa shape index (κ2) is 8.65. The van der Waals surface area contributed by atoms with Gasteiger partial charge in [0.05, 0.1) is 12.1 Å². The van der Waals surface area contributed by atoms with Gasteiger partial charge in [-0.3, -0.25) is 0 Å². The number of hydrogen-bond acceptors (Lipinski definition) is 4. The second-order valence-corrected chi connectivity index (χ2v) is 7.69. The van der Waals surface area contributed by atoms with E-state index in [1.54, 1.807) is 20.9 Å². The van der Waals surface area contributed by atoms with E-state index in [9.17, 15) is 9.90 Å². The molecule has 0 radical (unpaired) electrons. The SMILES string of the molecule is CN1CCN(CCc2ccc(NC(=O)N(C)CC(C)(C)O)cc2)CC1. The average molecular weight is 348 g/mol. The highest BCUT2D eigenvalue weighted by atomic mass is 16.3. The molecule has 0 spiro atoms.